The highest BCUT2D eigenvalue weighted by Gasteiger charge is 2.29. The predicted octanol–water partition coefficient (Wildman–Crippen LogP) is 5.11. The van der Waals surface area contributed by atoms with Crippen molar-refractivity contribution >= 4 is 15.9 Å². The zero-order valence-corrected chi connectivity index (χ0v) is 12.9. The summed E-state index contributed by atoms with van der Waals surface area (Å²) in [6, 6.07) is 12.1. The van der Waals surface area contributed by atoms with E-state index in [1.54, 1.807) is 18.2 Å². The average Bonchev–Trinajstić information content (AvgIpc) is 2.47. The molecule has 0 radical (unpaired) electrons. The first kappa shape index (κ1) is 16.4. The van der Waals surface area contributed by atoms with Gasteiger partial charge >= 0.3 is 6.18 Å². The number of nitriles is 1. The smallest absolute Gasteiger partial charge is 0.416 e. The zero-order chi connectivity index (χ0) is 16.2. The molecule has 0 atom stereocenters. The molecular weight excluding hydrogens is 359 g/mol. The van der Waals surface area contributed by atoms with Crippen LogP contribution in [0.15, 0.2) is 46.9 Å². The van der Waals surface area contributed by atoms with Gasteiger partial charge in [-0.3, -0.25) is 0 Å². The van der Waals surface area contributed by atoms with Crippen LogP contribution in [0.25, 0.3) is 0 Å². The number of rotatable bonds is 4. The van der Waals surface area contributed by atoms with Crippen LogP contribution < -0.4 is 4.74 Å². The van der Waals surface area contributed by atoms with Crippen molar-refractivity contribution in [1.29, 1.82) is 5.26 Å². The van der Waals surface area contributed by atoms with Crippen LogP contribution in [-0.4, -0.2) is 0 Å². The summed E-state index contributed by atoms with van der Waals surface area (Å²) in [4.78, 5) is 0. The van der Waals surface area contributed by atoms with Crippen LogP contribution in [0, 0.1) is 11.3 Å². The summed E-state index contributed by atoms with van der Waals surface area (Å²) in [5.41, 5.74) is 0.814. The highest BCUT2D eigenvalue weighted by Crippen LogP contribution is 2.29. The third-order valence-electron chi connectivity index (χ3n) is 2.98. The van der Waals surface area contributed by atoms with Gasteiger partial charge in [0.2, 0.25) is 0 Å². The summed E-state index contributed by atoms with van der Waals surface area (Å²) in [6.45, 7) is 0.169. The molecule has 6 heteroatoms. The Hall–Kier alpha value is -2.00. The van der Waals surface area contributed by atoms with Crippen LogP contribution in [0.4, 0.5) is 13.2 Å². The molecule has 0 aromatic heterocycles. The van der Waals surface area contributed by atoms with E-state index in [0.717, 1.165) is 22.2 Å². The molecule has 0 aliphatic carbocycles. The SMILES string of the molecule is N#CCc1ccc(OCc2ccc(C(F)(F)F)cc2)cc1Br. The van der Waals surface area contributed by atoms with Gasteiger partial charge in [-0.25, -0.2) is 0 Å². The Morgan fingerprint density at radius 1 is 1.09 bits per heavy atom. The monoisotopic (exact) mass is 369 g/mol. The summed E-state index contributed by atoms with van der Waals surface area (Å²) in [5, 5.41) is 8.66. The lowest BCUT2D eigenvalue weighted by Gasteiger charge is -2.10. The molecule has 0 aliphatic heterocycles. The predicted molar refractivity (Wildman–Crippen MR) is 79.2 cm³/mol. The molecule has 2 rings (SSSR count). The van der Waals surface area contributed by atoms with E-state index in [4.69, 9.17) is 10.00 Å². The molecule has 22 heavy (non-hydrogen) atoms. The fourth-order valence-corrected chi connectivity index (χ4v) is 2.30. The van der Waals surface area contributed by atoms with Gasteiger partial charge in [0.1, 0.15) is 12.4 Å². The standard InChI is InChI=1S/C16H11BrF3NO/c17-15-9-14(6-3-12(15)7-8-21)22-10-11-1-4-13(5-2-11)16(18,19)20/h1-6,9H,7,10H2. The van der Waals surface area contributed by atoms with Gasteiger partial charge in [0.15, 0.2) is 0 Å². The van der Waals surface area contributed by atoms with Crippen LogP contribution in [0.1, 0.15) is 16.7 Å². The van der Waals surface area contributed by atoms with E-state index in [1.165, 1.54) is 12.1 Å². The Balaban J connectivity index is 2.01. The third-order valence-corrected chi connectivity index (χ3v) is 3.72. The molecule has 0 fully saturated rings. The molecule has 0 amide bonds. The molecule has 0 aliphatic rings. The highest BCUT2D eigenvalue weighted by molar-refractivity contribution is 9.10. The Bertz CT molecular complexity index is 690. The lowest BCUT2D eigenvalue weighted by molar-refractivity contribution is -0.137. The maximum Gasteiger partial charge on any atom is 0.416 e. The highest BCUT2D eigenvalue weighted by atomic mass is 79.9. The number of benzene rings is 2. The van der Waals surface area contributed by atoms with Crippen LogP contribution >= 0.6 is 15.9 Å². The van der Waals surface area contributed by atoms with Gasteiger partial charge in [0, 0.05) is 4.47 Å². The number of nitrogens with zero attached hydrogens (tertiary/aromatic N) is 1. The molecular formula is C16H11BrF3NO. The lowest BCUT2D eigenvalue weighted by atomic mass is 10.1. The molecule has 0 N–H and O–H groups in total. The number of ether oxygens (including phenoxy) is 1. The molecule has 0 saturated heterocycles. The first-order valence-electron chi connectivity index (χ1n) is 6.34. The number of hydrogen-bond donors (Lipinski definition) is 0. The molecule has 2 nitrogen and oxygen atoms in total. The molecule has 0 heterocycles. The lowest BCUT2D eigenvalue weighted by Crippen LogP contribution is -2.05. The number of alkyl halides is 3. The second-order valence-corrected chi connectivity index (χ2v) is 5.43. The summed E-state index contributed by atoms with van der Waals surface area (Å²) < 4.78 is 43.7. The second kappa shape index (κ2) is 6.84. The molecule has 2 aromatic rings. The fourth-order valence-electron chi connectivity index (χ4n) is 1.80. The minimum atomic E-state index is -4.33. The summed E-state index contributed by atoms with van der Waals surface area (Å²) in [6.07, 6.45) is -4.04. The van der Waals surface area contributed by atoms with Crippen molar-refractivity contribution in [2.45, 2.75) is 19.2 Å². The van der Waals surface area contributed by atoms with Crippen molar-refractivity contribution in [1.82, 2.24) is 0 Å². The van der Waals surface area contributed by atoms with Crippen molar-refractivity contribution in [3.05, 3.63) is 63.6 Å². The molecule has 0 spiro atoms. The maximum atomic E-state index is 12.5. The van der Waals surface area contributed by atoms with Gasteiger partial charge in [-0.15, -0.1) is 0 Å². The second-order valence-electron chi connectivity index (χ2n) is 4.57. The molecule has 2 aromatic carbocycles. The van der Waals surface area contributed by atoms with Gasteiger partial charge in [0.25, 0.3) is 0 Å². The topological polar surface area (TPSA) is 33.0 Å². The van der Waals surface area contributed by atoms with Crippen molar-refractivity contribution in [2.75, 3.05) is 0 Å². The van der Waals surface area contributed by atoms with E-state index in [-0.39, 0.29) is 6.61 Å². The van der Waals surface area contributed by atoms with Crippen LogP contribution in [-0.2, 0) is 19.2 Å². The van der Waals surface area contributed by atoms with Gasteiger partial charge in [0.05, 0.1) is 18.1 Å². The Morgan fingerprint density at radius 2 is 1.77 bits per heavy atom. The first-order valence-corrected chi connectivity index (χ1v) is 7.14. The molecule has 0 unspecified atom stereocenters. The van der Waals surface area contributed by atoms with Gasteiger partial charge in [-0.1, -0.05) is 34.1 Å². The molecule has 114 valence electrons. The third kappa shape index (κ3) is 4.25. The minimum absolute atomic E-state index is 0.169. The normalized spacial score (nSPS) is 11.0. The largest absolute Gasteiger partial charge is 0.489 e. The van der Waals surface area contributed by atoms with E-state index < -0.39 is 11.7 Å². The Labute approximate surface area is 134 Å². The Morgan fingerprint density at radius 3 is 2.32 bits per heavy atom. The van der Waals surface area contributed by atoms with Gasteiger partial charge < -0.3 is 4.74 Å². The van der Waals surface area contributed by atoms with Gasteiger partial charge in [-0.2, -0.15) is 18.4 Å². The molecule has 0 bridgehead atoms. The Kier molecular flexibility index (Phi) is 5.09. The number of halogens is 4. The fraction of sp³-hybridized carbons (Fsp3) is 0.188. The average molecular weight is 370 g/mol. The van der Waals surface area contributed by atoms with Crippen molar-refractivity contribution in [3.63, 3.8) is 0 Å². The summed E-state index contributed by atoms with van der Waals surface area (Å²) >= 11 is 3.35. The quantitative estimate of drug-likeness (QED) is 0.749. The van der Waals surface area contributed by atoms with E-state index in [2.05, 4.69) is 22.0 Å². The first-order chi connectivity index (χ1) is 10.4. The van der Waals surface area contributed by atoms with Crippen LogP contribution in [0.5, 0.6) is 5.75 Å². The zero-order valence-electron chi connectivity index (χ0n) is 11.3. The molecule has 0 saturated carbocycles. The number of hydrogen-bond acceptors (Lipinski definition) is 2. The van der Waals surface area contributed by atoms with Gasteiger partial charge in [-0.05, 0) is 35.4 Å². The van der Waals surface area contributed by atoms with Crippen molar-refractivity contribution in [2.24, 2.45) is 0 Å². The van der Waals surface area contributed by atoms with Crippen molar-refractivity contribution in [3.8, 4) is 11.8 Å². The summed E-state index contributed by atoms with van der Waals surface area (Å²) in [5.74, 6) is 0.577. The van der Waals surface area contributed by atoms with Crippen molar-refractivity contribution < 1.29 is 17.9 Å². The summed E-state index contributed by atoms with van der Waals surface area (Å²) in [7, 11) is 0. The van der Waals surface area contributed by atoms with Crippen LogP contribution in [0.3, 0.4) is 0 Å². The van der Waals surface area contributed by atoms with E-state index >= 15 is 0 Å². The minimum Gasteiger partial charge on any atom is -0.489 e. The van der Waals surface area contributed by atoms with E-state index in [0.29, 0.717) is 17.7 Å². The van der Waals surface area contributed by atoms with E-state index in [9.17, 15) is 13.2 Å². The van der Waals surface area contributed by atoms with E-state index in [1.807, 2.05) is 0 Å². The van der Waals surface area contributed by atoms with Crippen LogP contribution in [0.2, 0.25) is 0 Å². The maximum absolute atomic E-state index is 12.5.